The molecule has 0 fully saturated rings. The summed E-state index contributed by atoms with van der Waals surface area (Å²) >= 11 is 3.37. The van der Waals surface area contributed by atoms with Gasteiger partial charge in [0.1, 0.15) is 5.60 Å². The second-order valence-corrected chi connectivity index (χ2v) is 6.01. The third kappa shape index (κ3) is 3.80. The number of amides is 1. The molecule has 0 spiro atoms. The molecule has 20 heavy (non-hydrogen) atoms. The van der Waals surface area contributed by atoms with Gasteiger partial charge in [0.25, 0.3) is 0 Å². The third-order valence-electron chi connectivity index (χ3n) is 2.21. The molecule has 2 rings (SSSR count). The fourth-order valence-corrected chi connectivity index (χ4v) is 1.90. The van der Waals surface area contributed by atoms with Crippen LogP contribution in [-0.4, -0.2) is 22.0 Å². The number of ether oxygens (including phenoxy) is 1. The summed E-state index contributed by atoms with van der Waals surface area (Å²) in [6.07, 6.45) is -0.607. The summed E-state index contributed by atoms with van der Waals surface area (Å²) in [4.78, 5) is 11.7. The van der Waals surface area contributed by atoms with Gasteiger partial charge in [-0.1, -0.05) is 28.1 Å². The van der Waals surface area contributed by atoms with E-state index in [1.54, 1.807) is 20.8 Å². The highest BCUT2D eigenvalue weighted by Gasteiger charge is 2.20. The number of hydrogen-bond donors (Lipinski definition) is 1. The van der Waals surface area contributed by atoms with Gasteiger partial charge < -0.3 is 4.74 Å². The van der Waals surface area contributed by atoms with Gasteiger partial charge in [0.05, 0.1) is 0 Å². The van der Waals surface area contributed by atoms with E-state index < -0.39 is 11.7 Å². The lowest BCUT2D eigenvalue weighted by Gasteiger charge is -2.19. The monoisotopic (exact) mass is 339 g/mol. The second-order valence-electron chi connectivity index (χ2n) is 5.10. The minimum atomic E-state index is -0.607. The maximum Gasteiger partial charge on any atom is 0.413 e. The lowest BCUT2D eigenvalue weighted by Crippen LogP contribution is -2.27. The Hall–Kier alpha value is -1.89. The number of anilines is 1. The van der Waals surface area contributed by atoms with Gasteiger partial charge in [-0.25, -0.2) is 9.42 Å². The van der Waals surface area contributed by atoms with Crippen molar-refractivity contribution in [3.63, 3.8) is 0 Å². The molecule has 0 saturated heterocycles. The molecule has 7 heteroatoms. The molecule has 0 aliphatic heterocycles. The highest BCUT2D eigenvalue weighted by atomic mass is 79.9. The summed E-state index contributed by atoms with van der Waals surface area (Å²) in [6, 6.07) is 7.42. The number of hydrogen-bond acceptors (Lipinski definition) is 5. The molecule has 1 amide bonds. The van der Waals surface area contributed by atoms with Crippen molar-refractivity contribution < 1.29 is 14.2 Å². The van der Waals surface area contributed by atoms with Gasteiger partial charge in [0, 0.05) is 10.0 Å². The summed E-state index contributed by atoms with van der Waals surface area (Å²) in [6.45, 7) is 5.34. The molecule has 1 aromatic carbocycles. The Labute approximate surface area is 124 Å². The van der Waals surface area contributed by atoms with Crippen molar-refractivity contribution in [2.45, 2.75) is 26.4 Å². The standard InChI is InChI=1S/C13H14BrN3O3/c1-13(2,3)19-12(18)15-11-10(16-20-17-11)8-5-4-6-9(14)7-8/h4-7H,1-3H3,(H,15,17,18). The van der Waals surface area contributed by atoms with E-state index in [1.165, 1.54) is 0 Å². The van der Waals surface area contributed by atoms with E-state index in [-0.39, 0.29) is 5.82 Å². The molecular formula is C13H14BrN3O3. The highest BCUT2D eigenvalue weighted by molar-refractivity contribution is 9.10. The highest BCUT2D eigenvalue weighted by Crippen LogP contribution is 2.27. The molecule has 6 nitrogen and oxygen atoms in total. The fraction of sp³-hybridized carbons (Fsp3) is 0.308. The van der Waals surface area contributed by atoms with Gasteiger partial charge in [-0.05, 0) is 43.2 Å². The Morgan fingerprint density at radius 3 is 2.75 bits per heavy atom. The maximum atomic E-state index is 11.7. The van der Waals surface area contributed by atoms with Crippen LogP contribution in [-0.2, 0) is 4.74 Å². The molecule has 2 aromatic rings. The SMILES string of the molecule is CC(C)(C)OC(=O)Nc1nonc1-c1cccc(Br)c1. The maximum absolute atomic E-state index is 11.7. The Morgan fingerprint density at radius 2 is 2.10 bits per heavy atom. The molecule has 0 aliphatic rings. The van der Waals surface area contributed by atoms with Gasteiger partial charge in [0.2, 0.25) is 5.82 Å². The van der Waals surface area contributed by atoms with E-state index in [4.69, 9.17) is 4.74 Å². The first-order valence-electron chi connectivity index (χ1n) is 5.94. The number of nitrogens with one attached hydrogen (secondary N) is 1. The molecule has 0 atom stereocenters. The summed E-state index contributed by atoms with van der Waals surface area (Å²) in [7, 11) is 0. The van der Waals surface area contributed by atoms with Crippen LogP contribution in [0.3, 0.4) is 0 Å². The Kier molecular flexibility index (Phi) is 4.08. The van der Waals surface area contributed by atoms with Crippen molar-refractivity contribution in [2.75, 3.05) is 5.32 Å². The van der Waals surface area contributed by atoms with Crippen molar-refractivity contribution in [1.82, 2.24) is 10.3 Å². The topological polar surface area (TPSA) is 77.2 Å². The van der Waals surface area contributed by atoms with E-state index >= 15 is 0 Å². The summed E-state index contributed by atoms with van der Waals surface area (Å²) < 4.78 is 10.7. The van der Waals surface area contributed by atoms with Crippen molar-refractivity contribution in [2.24, 2.45) is 0 Å². The van der Waals surface area contributed by atoms with Crippen molar-refractivity contribution in [3.05, 3.63) is 28.7 Å². The number of rotatable bonds is 2. The summed E-state index contributed by atoms with van der Waals surface area (Å²) in [5, 5.41) is 10.00. The minimum absolute atomic E-state index is 0.220. The number of nitrogens with zero attached hydrogens (tertiary/aromatic N) is 2. The Balaban J connectivity index is 2.19. The van der Waals surface area contributed by atoms with Crippen LogP contribution >= 0.6 is 15.9 Å². The third-order valence-corrected chi connectivity index (χ3v) is 2.70. The van der Waals surface area contributed by atoms with Crippen LogP contribution in [0.1, 0.15) is 20.8 Å². The van der Waals surface area contributed by atoms with Crippen LogP contribution in [0.25, 0.3) is 11.3 Å². The fourth-order valence-electron chi connectivity index (χ4n) is 1.50. The van der Waals surface area contributed by atoms with Crippen LogP contribution in [0.4, 0.5) is 10.6 Å². The largest absolute Gasteiger partial charge is 0.444 e. The molecule has 0 saturated carbocycles. The Morgan fingerprint density at radius 1 is 1.35 bits per heavy atom. The minimum Gasteiger partial charge on any atom is -0.444 e. The van der Waals surface area contributed by atoms with E-state index in [9.17, 15) is 4.79 Å². The molecule has 1 aromatic heterocycles. The Bertz CT molecular complexity index is 619. The van der Waals surface area contributed by atoms with E-state index in [1.807, 2.05) is 24.3 Å². The van der Waals surface area contributed by atoms with Gasteiger partial charge >= 0.3 is 6.09 Å². The average molecular weight is 340 g/mol. The van der Waals surface area contributed by atoms with Gasteiger partial charge in [0.15, 0.2) is 5.69 Å². The zero-order valence-corrected chi connectivity index (χ0v) is 12.9. The smallest absolute Gasteiger partial charge is 0.413 e. The van der Waals surface area contributed by atoms with Crippen molar-refractivity contribution >= 4 is 27.8 Å². The number of benzene rings is 1. The molecule has 1 N–H and O–H groups in total. The first kappa shape index (κ1) is 14.5. The average Bonchev–Trinajstić information content (AvgIpc) is 2.74. The molecule has 0 aliphatic carbocycles. The van der Waals surface area contributed by atoms with Crippen LogP contribution in [0.5, 0.6) is 0 Å². The predicted molar refractivity (Wildman–Crippen MR) is 77.3 cm³/mol. The number of carbonyl (C=O) groups excluding carboxylic acids is 1. The normalized spacial score (nSPS) is 11.2. The van der Waals surface area contributed by atoms with Crippen molar-refractivity contribution in [3.8, 4) is 11.3 Å². The quantitative estimate of drug-likeness (QED) is 0.899. The zero-order valence-electron chi connectivity index (χ0n) is 11.3. The van der Waals surface area contributed by atoms with Crippen LogP contribution in [0.2, 0.25) is 0 Å². The molecule has 0 unspecified atom stereocenters. The first-order valence-corrected chi connectivity index (χ1v) is 6.73. The zero-order chi connectivity index (χ0) is 14.8. The van der Waals surface area contributed by atoms with Gasteiger partial charge in [-0.2, -0.15) is 0 Å². The molecule has 1 heterocycles. The number of halogens is 1. The lowest BCUT2D eigenvalue weighted by atomic mass is 10.1. The number of carbonyl (C=O) groups is 1. The van der Waals surface area contributed by atoms with Gasteiger partial charge in [-0.15, -0.1) is 0 Å². The van der Waals surface area contributed by atoms with E-state index in [0.29, 0.717) is 5.69 Å². The number of aromatic nitrogens is 2. The van der Waals surface area contributed by atoms with Gasteiger partial charge in [-0.3, -0.25) is 5.32 Å². The lowest BCUT2D eigenvalue weighted by molar-refractivity contribution is 0.0634. The van der Waals surface area contributed by atoms with Crippen LogP contribution in [0.15, 0.2) is 33.4 Å². The summed E-state index contributed by atoms with van der Waals surface area (Å²) in [5.74, 6) is 0.220. The van der Waals surface area contributed by atoms with E-state index in [2.05, 4.69) is 36.2 Å². The summed E-state index contributed by atoms with van der Waals surface area (Å²) in [5.41, 5.74) is 0.626. The van der Waals surface area contributed by atoms with Crippen molar-refractivity contribution in [1.29, 1.82) is 0 Å². The van der Waals surface area contributed by atoms with Crippen LogP contribution in [0, 0.1) is 0 Å². The molecule has 0 bridgehead atoms. The molecule has 0 radical (unpaired) electrons. The van der Waals surface area contributed by atoms with E-state index in [0.717, 1.165) is 10.0 Å². The molecular weight excluding hydrogens is 326 g/mol. The predicted octanol–water partition coefficient (Wildman–Crippen LogP) is 3.85. The van der Waals surface area contributed by atoms with Crippen LogP contribution < -0.4 is 5.32 Å². The molecule has 106 valence electrons. The first-order chi connectivity index (χ1) is 9.35. The second kappa shape index (κ2) is 5.62.